The van der Waals surface area contributed by atoms with Gasteiger partial charge in [-0.15, -0.1) is 0 Å². The smallest absolute Gasteiger partial charge is 0.229 e. The molecular formula is C11H14ClNO. The fraction of sp³-hybridized carbons (Fsp3) is 0.364. The van der Waals surface area contributed by atoms with E-state index in [1.807, 2.05) is 32.0 Å². The number of benzene rings is 1. The van der Waals surface area contributed by atoms with Crippen molar-refractivity contribution in [3.05, 3.63) is 29.3 Å². The van der Waals surface area contributed by atoms with Gasteiger partial charge in [0, 0.05) is 13.0 Å². The van der Waals surface area contributed by atoms with Crippen molar-refractivity contribution in [2.75, 3.05) is 11.9 Å². The molecule has 1 aromatic rings. The average molecular weight is 212 g/mol. The van der Waals surface area contributed by atoms with Crippen molar-refractivity contribution in [2.45, 2.75) is 13.8 Å². The van der Waals surface area contributed by atoms with Crippen LogP contribution in [0.25, 0.3) is 0 Å². The lowest BCUT2D eigenvalue weighted by atomic mass is 10.2. The van der Waals surface area contributed by atoms with Gasteiger partial charge in [0.05, 0.1) is 10.7 Å². The summed E-state index contributed by atoms with van der Waals surface area (Å²) in [4.78, 5) is 13.3. The molecule has 0 heterocycles. The van der Waals surface area contributed by atoms with Crippen LogP contribution in [0.2, 0.25) is 5.02 Å². The molecule has 1 rings (SSSR count). The zero-order valence-corrected chi connectivity index (χ0v) is 9.38. The lowest BCUT2D eigenvalue weighted by molar-refractivity contribution is -0.121. The van der Waals surface area contributed by atoms with Crippen molar-refractivity contribution in [2.24, 2.45) is 5.92 Å². The molecule has 0 fully saturated rings. The summed E-state index contributed by atoms with van der Waals surface area (Å²) in [6.45, 7) is 3.74. The molecule has 0 saturated carbocycles. The van der Waals surface area contributed by atoms with Crippen LogP contribution in [-0.4, -0.2) is 13.0 Å². The van der Waals surface area contributed by atoms with Gasteiger partial charge in [0.15, 0.2) is 0 Å². The third-order valence-corrected chi connectivity index (χ3v) is 2.36. The van der Waals surface area contributed by atoms with Crippen molar-refractivity contribution in [3.8, 4) is 0 Å². The Labute approximate surface area is 89.5 Å². The molecule has 0 atom stereocenters. The highest BCUT2D eigenvalue weighted by Gasteiger charge is 2.15. The monoisotopic (exact) mass is 211 g/mol. The highest BCUT2D eigenvalue weighted by atomic mass is 35.5. The molecule has 0 N–H and O–H groups in total. The van der Waals surface area contributed by atoms with E-state index in [1.54, 1.807) is 18.0 Å². The largest absolute Gasteiger partial charge is 0.314 e. The van der Waals surface area contributed by atoms with Crippen molar-refractivity contribution in [3.63, 3.8) is 0 Å². The Balaban J connectivity index is 2.95. The van der Waals surface area contributed by atoms with Gasteiger partial charge in [-0.25, -0.2) is 0 Å². The van der Waals surface area contributed by atoms with E-state index in [9.17, 15) is 4.79 Å². The molecule has 0 aliphatic rings. The van der Waals surface area contributed by atoms with Crippen LogP contribution < -0.4 is 4.90 Å². The summed E-state index contributed by atoms with van der Waals surface area (Å²) >= 11 is 5.97. The van der Waals surface area contributed by atoms with Crippen molar-refractivity contribution in [1.29, 1.82) is 0 Å². The molecule has 14 heavy (non-hydrogen) atoms. The van der Waals surface area contributed by atoms with Gasteiger partial charge in [-0.2, -0.15) is 0 Å². The SMILES string of the molecule is CC(C)C(=O)N(C)c1ccccc1Cl. The topological polar surface area (TPSA) is 20.3 Å². The molecule has 0 unspecified atom stereocenters. The number of anilines is 1. The minimum absolute atomic E-state index is 0.0173. The minimum Gasteiger partial charge on any atom is -0.314 e. The molecule has 0 spiro atoms. The fourth-order valence-corrected chi connectivity index (χ4v) is 1.49. The van der Waals surface area contributed by atoms with Gasteiger partial charge >= 0.3 is 0 Å². The standard InChI is InChI=1S/C11H14ClNO/c1-8(2)11(14)13(3)10-7-5-4-6-9(10)12/h4-8H,1-3H3. The highest BCUT2D eigenvalue weighted by molar-refractivity contribution is 6.33. The van der Waals surface area contributed by atoms with Crippen LogP contribution in [0.3, 0.4) is 0 Å². The van der Waals surface area contributed by atoms with Crippen molar-refractivity contribution in [1.82, 2.24) is 0 Å². The molecule has 0 aromatic heterocycles. The van der Waals surface area contributed by atoms with Gasteiger partial charge in [-0.3, -0.25) is 4.79 Å². The summed E-state index contributed by atoms with van der Waals surface area (Å²) in [5.74, 6) is 0.0503. The fourth-order valence-electron chi connectivity index (χ4n) is 1.23. The molecule has 0 aliphatic heterocycles. The summed E-state index contributed by atoms with van der Waals surface area (Å²) in [5.41, 5.74) is 0.757. The van der Waals surface area contributed by atoms with E-state index in [0.29, 0.717) is 5.02 Å². The maximum atomic E-state index is 11.7. The van der Waals surface area contributed by atoms with E-state index < -0.39 is 0 Å². The maximum Gasteiger partial charge on any atom is 0.229 e. The van der Waals surface area contributed by atoms with Crippen LogP contribution in [-0.2, 0) is 4.79 Å². The molecule has 1 aromatic carbocycles. The quantitative estimate of drug-likeness (QED) is 0.737. The van der Waals surface area contributed by atoms with Crippen LogP contribution in [0, 0.1) is 5.92 Å². The van der Waals surface area contributed by atoms with Crippen LogP contribution in [0.15, 0.2) is 24.3 Å². The van der Waals surface area contributed by atoms with E-state index in [0.717, 1.165) is 5.69 Å². The Morgan fingerprint density at radius 3 is 2.43 bits per heavy atom. The number of carbonyl (C=O) groups is 1. The normalized spacial score (nSPS) is 10.4. The van der Waals surface area contributed by atoms with E-state index in [1.165, 1.54) is 0 Å². The van der Waals surface area contributed by atoms with Gasteiger partial charge in [0.2, 0.25) is 5.91 Å². The minimum atomic E-state index is -0.0173. The van der Waals surface area contributed by atoms with E-state index >= 15 is 0 Å². The third kappa shape index (κ3) is 2.26. The first-order valence-corrected chi connectivity index (χ1v) is 4.94. The average Bonchev–Trinajstić information content (AvgIpc) is 2.16. The number of hydrogen-bond acceptors (Lipinski definition) is 1. The molecule has 2 nitrogen and oxygen atoms in total. The summed E-state index contributed by atoms with van der Waals surface area (Å²) in [5, 5.41) is 0.601. The van der Waals surface area contributed by atoms with Crippen LogP contribution in [0.5, 0.6) is 0 Å². The van der Waals surface area contributed by atoms with Gasteiger partial charge < -0.3 is 4.90 Å². The predicted octanol–water partition coefficient (Wildman–Crippen LogP) is 2.96. The van der Waals surface area contributed by atoms with Gasteiger partial charge in [0.25, 0.3) is 0 Å². The molecule has 0 saturated heterocycles. The molecule has 3 heteroatoms. The first kappa shape index (κ1) is 11.1. The number of rotatable bonds is 2. The second kappa shape index (κ2) is 4.47. The zero-order chi connectivity index (χ0) is 10.7. The lowest BCUT2D eigenvalue weighted by Gasteiger charge is -2.20. The number of hydrogen-bond donors (Lipinski definition) is 0. The van der Waals surface area contributed by atoms with Crippen LogP contribution in [0.4, 0.5) is 5.69 Å². The van der Waals surface area contributed by atoms with Crippen molar-refractivity contribution >= 4 is 23.2 Å². The Hall–Kier alpha value is -1.02. The number of amides is 1. The number of para-hydroxylation sites is 1. The van der Waals surface area contributed by atoms with Gasteiger partial charge in [0.1, 0.15) is 0 Å². The maximum absolute atomic E-state index is 11.7. The molecule has 76 valence electrons. The molecule has 0 radical (unpaired) electrons. The predicted molar refractivity (Wildman–Crippen MR) is 59.7 cm³/mol. The summed E-state index contributed by atoms with van der Waals surface area (Å²) in [6.07, 6.45) is 0. The third-order valence-electron chi connectivity index (χ3n) is 2.04. The Morgan fingerprint density at radius 2 is 1.93 bits per heavy atom. The first-order valence-electron chi connectivity index (χ1n) is 4.56. The Morgan fingerprint density at radius 1 is 1.36 bits per heavy atom. The van der Waals surface area contributed by atoms with Crippen LogP contribution in [0.1, 0.15) is 13.8 Å². The first-order chi connectivity index (χ1) is 6.54. The van der Waals surface area contributed by atoms with E-state index in [2.05, 4.69) is 0 Å². The number of halogens is 1. The van der Waals surface area contributed by atoms with E-state index in [-0.39, 0.29) is 11.8 Å². The van der Waals surface area contributed by atoms with Crippen molar-refractivity contribution < 1.29 is 4.79 Å². The van der Waals surface area contributed by atoms with Crippen LogP contribution >= 0.6 is 11.6 Å². The summed E-state index contributed by atoms with van der Waals surface area (Å²) < 4.78 is 0. The van der Waals surface area contributed by atoms with Gasteiger partial charge in [-0.05, 0) is 12.1 Å². The molecule has 0 aliphatic carbocycles. The molecule has 1 amide bonds. The summed E-state index contributed by atoms with van der Waals surface area (Å²) in [6, 6.07) is 7.33. The number of carbonyl (C=O) groups excluding carboxylic acids is 1. The number of nitrogens with zero attached hydrogens (tertiary/aromatic N) is 1. The highest BCUT2D eigenvalue weighted by Crippen LogP contribution is 2.24. The molecule has 0 bridgehead atoms. The second-order valence-corrected chi connectivity index (χ2v) is 3.91. The molecular weight excluding hydrogens is 198 g/mol. The Bertz CT molecular complexity index is 336. The second-order valence-electron chi connectivity index (χ2n) is 3.50. The zero-order valence-electron chi connectivity index (χ0n) is 8.62. The lowest BCUT2D eigenvalue weighted by Crippen LogP contribution is -2.30. The van der Waals surface area contributed by atoms with Gasteiger partial charge in [-0.1, -0.05) is 37.6 Å². The Kier molecular flexibility index (Phi) is 3.53. The van der Waals surface area contributed by atoms with E-state index in [4.69, 9.17) is 11.6 Å². The summed E-state index contributed by atoms with van der Waals surface area (Å²) in [7, 11) is 1.74.